The zero-order chi connectivity index (χ0) is 24.1. The van der Waals surface area contributed by atoms with E-state index in [2.05, 4.69) is 10.0 Å². The van der Waals surface area contributed by atoms with E-state index < -0.39 is 10.0 Å². The van der Waals surface area contributed by atoms with Crippen LogP contribution in [0.2, 0.25) is 0 Å². The summed E-state index contributed by atoms with van der Waals surface area (Å²) in [5.74, 6) is 0.887. The highest BCUT2D eigenvalue weighted by Gasteiger charge is 2.16. The number of methoxy groups -OCH3 is 2. The standard InChI is InChI=1S/C26H24N2O5S/c1-32-24-15-10-18(16-25(24)33-2)17-26(29)27-20-11-13-21(14-12-20)34(30,31)28-23-9-5-7-19-6-3-4-8-22(19)23/h3-16,28H,17H2,1-2H3,(H,27,29). The Morgan fingerprint density at radius 1 is 0.824 bits per heavy atom. The van der Waals surface area contributed by atoms with Crippen molar-refractivity contribution in [3.63, 3.8) is 0 Å². The van der Waals surface area contributed by atoms with Crippen LogP contribution in [0.1, 0.15) is 5.56 Å². The summed E-state index contributed by atoms with van der Waals surface area (Å²) in [4.78, 5) is 12.6. The van der Waals surface area contributed by atoms with Crippen LogP contribution in [0.25, 0.3) is 10.8 Å². The van der Waals surface area contributed by atoms with Gasteiger partial charge in [-0.2, -0.15) is 0 Å². The SMILES string of the molecule is COc1ccc(CC(=O)Nc2ccc(S(=O)(=O)Nc3cccc4ccccc34)cc2)cc1OC. The van der Waals surface area contributed by atoms with Gasteiger partial charge < -0.3 is 14.8 Å². The van der Waals surface area contributed by atoms with Crippen molar-refractivity contribution in [1.82, 2.24) is 0 Å². The van der Waals surface area contributed by atoms with E-state index in [1.807, 2.05) is 30.3 Å². The highest BCUT2D eigenvalue weighted by atomic mass is 32.2. The molecule has 34 heavy (non-hydrogen) atoms. The fraction of sp³-hybridized carbons (Fsp3) is 0.115. The van der Waals surface area contributed by atoms with Crippen LogP contribution in [-0.4, -0.2) is 28.5 Å². The molecule has 0 saturated heterocycles. The van der Waals surface area contributed by atoms with Gasteiger partial charge in [-0.3, -0.25) is 9.52 Å². The Morgan fingerprint density at radius 3 is 2.26 bits per heavy atom. The quantitative estimate of drug-likeness (QED) is 0.380. The number of hydrogen-bond acceptors (Lipinski definition) is 5. The zero-order valence-electron chi connectivity index (χ0n) is 18.7. The number of hydrogen-bond donors (Lipinski definition) is 2. The second kappa shape index (κ2) is 9.84. The number of nitrogens with one attached hydrogen (secondary N) is 2. The molecule has 0 heterocycles. The number of amides is 1. The Hall–Kier alpha value is -4.04. The van der Waals surface area contributed by atoms with Crippen molar-refractivity contribution < 1.29 is 22.7 Å². The maximum atomic E-state index is 12.9. The number of ether oxygens (including phenoxy) is 2. The molecule has 7 nitrogen and oxygen atoms in total. The molecule has 174 valence electrons. The van der Waals surface area contributed by atoms with Crippen LogP contribution in [0.15, 0.2) is 89.8 Å². The second-order valence-corrected chi connectivity index (χ2v) is 9.25. The monoisotopic (exact) mass is 476 g/mol. The Kier molecular flexibility index (Phi) is 6.70. The lowest BCUT2D eigenvalue weighted by atomic mass is 10.1. The largest absolute Gasteiger partial charge is 0.493 e. The van der Waals surface area contributed by atoms with Gasteiger partial charge in [0.05, 0.1) is 31.2 Å². The van der Waals surface area contributed by atoms with Crippen molar-refractivity contribution in [2.45, 2.75) is 11.3 Å². The number of carbonyl (C=O) groups is 1. The van der Waals surface area contributed by atoms with Gasteiger partial charge in [-0.05, 0) is 53.4 Å². The highest BCUT2D eigenvalue weighted by molar-refractivity contribution is 7.92. The van der Waals surface area contributed by atoms with E-state index in [0.29, 0.717) is 22.9 Å². The van der Waals surface area contributed by atoms with Gasteiger partial charge in [0.1, 0.15) is 0 Å². The first kappa shape index (κ1) is 23.1. The third kappa shape index (κ3) is 5.13. The lowest BCUT2D eigenvalue weighted by Crippen LogP contribution is -2.15. The van der Waals surface area contributed by atoms with E-state index in [4.69, 9.17) is 9.47 Å². The Balaban J connectivity index is 1.44. The van der Waals surface area contributed by atoms with Gasteiger partial charge in [-0.15, -0.1) is 0 Å². The molecule has 0 fully saturated rings. The van der Waals surface area contributed by atoms with Crippen molar-refractivity contribution >= 4 is 38.1 Å². The lowest BCUT2D eigenvalue weighted by Gasteiger charge is -2.12. The van der Waals surface area contributed by atoms with Crippen LogP contribution < -0.4 is 19.5 Å². The molecule has 8 heteroatoms. The molecule has 4 aromatic carbocycles. The molecule has 0 saturated carbocycles. The molecular formula is C26H24N2O5S. The van der Waals surface area contributed by atoms with Gasteiger partial charge in [0, 0.05) is 11.1 Å². The molecule has 0 radical (unpaired) electrons. The maximum absolute atomic E-state index is 12.9. The summed E-state index contributed by atoms with van der Waals surface area (Å²) in [6.45, 7) is 0. The number of rotatable bonds is 8. The van der Waals surface area contributed by atoms with Crippen LogP contribution in [0, 0.1) is 0 Å². The Labute approximate surface area is 198 Å². The highest BCUT2D eigenvalue weighted by Crippen LogP contribution is 2.28. The van der Waals surface area contributed by atoms with Crippen LogP contribution in [0.5, 0.6) is 11.5 Å². The number of anilines is 2. The Morgan fingerprint density at radius 2 is 1.53 bits per heavy atom. The van der Waals surface area contributed by atoms with Gasteiger partial charge in [-0.25, -0.2) is 8.42 Å². The molecule has 0 aliphatic carbocycles. The minimum Gasteiger partial charge on any atom is -0.493 e. The topological polar surface area (TPSA) is 93.7 Å². The molecule has 0 spiro atoms. The lowest BCUT2D eigenvalue weighted by molar-refractivity contribution is -0.115. The average molecular weight is 477 g/mol. The molecule has 2 N–H and O–H groups in total. The first-order valence-corrected chi connectivity index (χ1v) is 12.0. The van der Waals surface area contributed by atoms with Gasteiger partial charge in [0.25, 0.3) is 10.0 Å². The number of benzene rings is 4. The second-order valence-electron chi connectivity index (χ2n) is 7.57. The first-order valence-electron chi connectivity index (χ1n) is 10.5. The predicted molar refractivity (Wildman–Crippen MR) is 133 cm³/mol. The summed E-state index contributed by atoms with van der Waals surface area (Å²) in [7, 11) is -0.720. The van der Waals surface area contributed by atoms with E-state index in [9.17, 15) is 13.2 Å². The van der Waals surface area contributed by atoms with E-state index in [-0.39, 0.29) is 17.2 Å². The minimum atomic E-state index is -3.80. The number of fused-ring (bicyclic) bond motifs is 1. The van der Waals surface area contributed by atoms with Gasteiger partial charge in [0.15, 0.2) is 11.5 Å². The number of carbonyl (C=O) groups excluding carboxylic acids is 1. The summed E-state index contributed by atoms with van der Waals surface area (Å²) >= 11 is 0. The molecular weight excluding hydrogens is 452 g/mol. The summed E-state index contributed by atoms with van der Waals surface area (Å²) in [6.07, 6.45) is 0.128. The van der Waals surface area contributed by atoms with Crippen molar-refractivity contribution in [3.05, 3.63) is 90.5 Å². The van der Waals surface area contributed by atoms with Crippen LogP contribution in [0.4, 0.5) is 11.4 Å². The fourth-order valence-electron chi connectivity index (χ4n) is 3.62. The fourth-order valence-corrected chi connectivity index (χ4v) is 4.70. The van der Waals surface area contributed by atoms with Crippen LogP contribution >= 0.6 is 0 Å². The maximum Gasteiger partial charge on any atom is 0.261 e. The summed E-state index contributed by atoms with van der Waals surface area (Å²) < 4.78 is 39.0. The molecule has 0 atom stereocenters. The molecule has 0 aliphatic heterocycles. The van der Waals surface area contributed by atoms with Gasteiger partial charge in [0.2, 0.25) is 5.91 Å². The molecule has 0 unspecified atom stereocenters. The minimum absolute atomic E-state index is 0.0957. The van der Waals surface area contributed by atoms with E-state index in [1.54, 1.807) is 49.6 Å². The van der Waals surface area contributed by atoms with E-state index in [0.717, 1.165) is 16.3 Å². The average Bonchev–Trinajstić information content (AvgIpc) is 2.84. The third-order valence-electron chi connectivity index (χ3n) is 5.29. The molecule has 0 bridgehead atoms. The van der Waals surface area contributed by atoms with Gasteiger partial charge >= 0.3 is 0 Å². The van der Waals surface area contributed by atoms with E-state index >= 15 is 0 Å². The zero-order valence-corrected chi connectivity index (χ0v) is 19.6. The van der Waals surface area contributed by atoms with Crippen LogP contribution in [-0.2, 0) is 21.2 Å². The predicted octanol–water partition coefficient (Wildman–Crippen LogP) is 4.84. The van der Waals surface area contributed by atoms with Crippen molar-refractivity contribution in [1.29, 1.82) is 0 Å². The smallest absolute Gasteiger partial charge is 0.261 e. The summed E-state index contributed by atoms with van der Waals surface area (Å²) in [5.41, 5.74) is 1.76. The summed E-state index contributed by atoms with van der Waals surface area (Å²) in [5, 5.41) is 4.54. The van der Waals surface area contributed by atoms with Crippen molar-refractivity contribution in [2.24, 2.45) is 0 Å². The number of sulfonamides is 1. The molecule has 4 rings (SSSR count). The molecule has 4 aromatic rings. The van der Waals surface area contributed by atoms with Crippen molar-refractivity contribution in [3.8, 4) is 11.5 Å². The third-order valence-corrected chi connectivity index (χ3v) is 6.68. The van der Waals surface area contributed by atoms with Crippen LogP contribution in [0.3, 0.4) is 0 Å². The van der Waals surface area contributed by atoms with Gasteiger partial charge in [-0.1, -0.05) is 42.5 Å². The normalized spacial score (nSPS) is 11.1. The Bertz CT molecular complexity index is 1430. The first-order chi connectivity index (χ1) is 16.4. The van der Waals surface area contributed by atoms with E-state index in [1.165, 1.54) is 19.2 Å². The molecule has 1 amide bonds. The van der Waals surface area contributed by atoms with Crippen molar-refractivity contribution in [2.75, 3.05) is 24.3 Å². The molecule has 0 aliphatic rings. The molecule has 0 aromatic heterocycles. The summed E-state index contributed by atoms with van der Waals surface area (Å²) in [6, 6.07) is 24.3.